The zero-order valence-corrected chi connectivity index (χ0v) is 16.1. The van der Waals surface area contributed by atoms with Crippen molar-refractivity contribution in [3.05, 3.63) is 47.6 Å². The van der Waals surface area contributed by atoms with E-state index in [1.165, 1.54) is 30.3 Å². The second-order valence-electron chi connectivity index (χ2n) is 6.48. The fourth-order valence-corrected chi connectivity index (χ4v) is 5.44. The number of likely N-dealkylation sites (tertiary alicyclic amines) is 1. The average molecular weight is 397 g/mol. The van der Waals surface area contributed by atoms with Crippen LogP contribution in [0.4, 0.5) is 10.1 Å². The molecule has 1 aliphatic rings. The summed E-state index contributed by atoms with van der Waals surface area (Å²) >= 11 is 1.09. The summed E-state index contributed by atoms with van der Waals surface area (Å²) in [5.41, 5.74) is 0.276. The second kappa shape index (κ2) is 7.75. The van der Waals surface area contributed by atoms with Gasteiger partial charge < -0.3 is 4.90 Å². The molecule has 1 fully saturated rings. The van der Waals surface area contributed by atoms with E-state index in [1.807, 2.05) is 0 Å². The Labute approximate surface area is 157 Å². The number of thiophene rings is 1. The summed E-state index contributed by atoms with van der Waals surface area (Å²) in [5.74, 6) is -0.123. The molecule has 8 heteroatoms. The molecule has 0 aliphatic carbocycles. The van der Waals surface area contributed by atoms with Crippen LogP contribution in [0.25, 0.3) is 0 Å². The molecular formula is C18H21FN2O3S2. The Kier molecular flexibility index (Phi) is 5.62. The number of anilines is 1. The van der Waals surface area contributed by atoms with Crippen LogP contribution in [0.2, 0.25) is 0 Å². The van der Waals surface area contributed by atoms with E-state index in [-0.39, 0.29) is 22.3 Å². The first-order valence-corrected chi connectivity index (χ1v) is 10.8. The topological polar surface area (TPSA) is 57.7 Å². The van der Waals surface area contributed by atoms with Gasteiger partial charge in [0.25, 0.3) is 10.0 Å². The Morgan fingerprint density at radius 1 is 1.23 bits per heavy atom. The van der Waals surface area contributed by atoms with E-state index in [1.54, 1.807) is 16.3 Å². The number of piperidine rings is 1. The lowest BCUT2D eigenvalue weighted by Gasteiger charge is -2.32. The minimum absolute atomic E-state index is 0.155. The SMILES string of the molecule is CC1CCN(C(=O)CN(c2ccc(F)cc2)S(=O)(=O)c2cccs2)CC1. The van der Waals surface area contributed by atoms with E-state index in [2.05, 4.69) is 6.92 Å². The molecule has 1 aromatic carbocycles. The standard InChI is InChI=1S/C18H21FN2O3S2/c1-14-8-10-20(11-9-14)17(22)13-21(16-6-4-15(19)5-7-16)26(23,24)18-3-2-12-25-18/h2-7,12,14H,8-11,13H2,1H3. The van der Waals surface area contributed by atoms with Crippen molar-refractivity contribution in [1.82, 2.24) is 4.90 Å². The molecule has 0 unspecified atom stereocenters. The number of carbonyl (C=O) groups is 1. The van der Waals surface area contributed by atoms with Gasteiger partial charge in [-0.1, -0.05) is 13.0 Å². The quantitative estimate of drug-likeness (QED) is 0.779. The summed E-state index contributed by atoms with van der Waals surface area (Å²) in [5, 5.41) is 1.67. The van der Waals surface area contributed by atoms with E-state index in [4.69, 9.17) is 0 Å². The van der Waals surface area contributed by atoms with Gasteiger partial charge in [0.05, 0.1) is 5.69 Å². The van der Waals surface area contributed by atoms with Gasteiger partial charge in [0, 0.05) is 13.1 Å². The van der Waals surface area contributed by atoms with E-state index < -0.39 is 15.8 Å². The second-order valence-corrected chi connectivity index (χ2v) is 9.52. The first kappa shape index (κ1) is 18.8. The Balaban J connectivity index is 1.88. The molecule has 1 aliphatic heterocycles. The maximum absolute atomic E-state index is 13.3. The predicted octanol–water partition coefficient (Wildman–Crippen LogP) is 3.34. The first-order valence-electron chi connectivity index (χ1n) is 8.47. The first-order chi connectivity index (χ1) is 12.4. The van der Waals surface area contributed by atoms with Crippen molar-refractivity contribution in [1.29, 1.82) is 0 Å². The molecule has 0 radical (unpaired) electrons. The third-order valence-corrected chi connectivity index (χ3v) is 7.72. The molecular weight excluding hydrogens is 375 g/mol. The van der Waals surface area contributed by atoms with E-state index >= 15 is 0 Å². The zero-order chi connectivity index (χ0) is 18.7. The van der Waals surface area contributed by atoms with Crippen LogP contribution in [0.3, 0.4) is 0 Å². The fraction of sp³-hybridized carbons (Fsp3) is 0.389. The highest BCUT2D eigenvalue weighted by atomic mass is 32.2. The Morgan fingerprint density at radius 3 is 2.46 bits per heavy atom. The van der Waals surface area contributed by atoms with E-state index in [9.17, 15) is 17.6 Å². The van der Waals surface area contributed by atoms with Gasteiger partial charge >= 0.3 is 0 Å². The number of benzene rings is 1. The summed E-state index contributed by atoms with van der Waals surface area (Å²) in [6.07, 6.45) is 1.83. The number of nitrogens with zero attached hydrogens (tertiary/aromatic N) is 2. The molecule has 2 heterocycles. The van der Waals surface area contributed by atoms with Gasteiger partial charge in [0.15, 0.2) is 0 Å². The molecule has 1 saturated heterocycles. The molecule has 2 aromatic rings. The van der Waals surface area contributed by atoms with Crippen LogP contribution in [-0.2, 0) is 14.8 Å². The van der Waals surface area contributed by atoms with Gasteiger partial charge in [-0.15, -0.1) is 11.3 Å². The van der Waals surface area contributed by atoms with Crippen LogP contribution in [0.5, 0.6) is 0 Å². The molecule has 0 atom stereocenters. The van der Waals surface area contributed by atoms with Gasteiger partial charge in [0.1, 0.15) is 16.6 Å². The molecule has 0 spiro atoms. The maximum atomic E-state index is 13.3. The van der Waals surface area contributed by atoms with Crippen molar-refractivity contribution >= 4 is 33.0 Å². The minimum atomic E-state index is -3.89. The van der Waals surface area contributed by atoms with Crippen molar-refractivity contribution < 1.29 is 17.6 Å². The third-order valence-electron chi connectivity index (χ3n) is 4.57. The third kappa shape index (κ3) is 4.07. The highest BCUT2D eigenvalue weighted by Crippen LogP contribution is 2.27. The van der Waals surface area contributed by atoms with Crippen LogP contribution in [0.1, 0.15) is 19.8 Å². The molecule has 5 nitrogen and oxygen atoms in total. The number of hydrogen-bond acceptors (Lipinski definition) is 4. The lowest BCUT2D eigenvalue weighted by Crippen LogP contribution is -2.45. The van der Waals surface area contributed by atoms with Gasteiger partial charge in [0.2, 0.25) is 5.91 Å². The number of hydrogen-bond donors (Lipinski definition) is 0. The number of amides is 1. The Bertz CT molecular complexity index is 843. The highest BCUT2D eigenvalue weighted by Gasteiger charge is 2.30. The lowest BCUT2D eigenvalue weighted by molar-refractivity contribution is -0.130. The summed E-state index contributed by atoms with van der Waals surface area (Å²) in [4.78, 5) is 14.4. The van der Waals surface area contributed by atoms with Crippen LogP contribution >= 0.6 is 11.3 Å². The summed E-state index contributed by atoms with van der Waals surface area (Å²) in [6.45, 7) is 3.13. The zero-order valence-electron chi connectivity index (χ0n) is 14.5. The summed E-state index contributed by atoms with van der Waals surface area (Å²) < 4.78 is 40.5. The largest absolute Gasteiger partial charge is 0.341 e. The molecule has 3 rings (SSSR count). The van der Waals surface area contributed by atoms with Crippen molar-refractivity contribution in [2.45, 2.75) is 24.0 Å². The van der Waals surface area contributed by atoms with Crippen LogP contribution in [-0.4, -0.2) is 38.9 Å². The number of carbonyl (C=O) groups excluding carboxylic acids is 1. The van der Waals surface area contributed by atoms with Crippen LogP contribution < -0.4 is 4.31 Å². The smallest absolute Gasteiger partial charge is 0.274 e. The molecule has 140 valence electrons. The Morgan fingerprint density at radius 2 is 1.88 bits per heavy atom. The van der Waals surface area contributed by atoms with Gasteiger partial charge in [-0.3, -0.25) is 9.10 Å². The molecule has 0 bridgehead atoms. The number of sulfonamides is 1. The van der Waals surface area contributed by atoms with Crippen molar-refractivity contribution in [3.8, 4) is 0 Å². The average Bonchev–Trinajstić information content (AvgIpc) is 3.16. The van der Waals surface area contributed by atoms with Gasteiger partial charge in [-0.25, -0.2) is 12.8 Å². The number of rotatable bonds is 5. The number of halogens is 1. The fourth-order valence-electron chi connectivity index (χ4n) is 2.92. The molecule has 26 heavy (non-hydrogen) atoms. The molecule has 0 saturated carbocycles. The van der Waals surface area contributed by atoms with Gasteiger partial charge in [-0.05, 0) is 54.5 Å². The lowest BCUT2D eigenvalue weighted by atomic mass is 9.99. The van der Waals surface area contributed by atoms with Crippen molar-refractivity contribution in [2.75, 3.05) is 23.9 Å². The monoisotopic (exact) mass is 396 g/mol. The van der Waals surface area contributed by atoms with Crippen LogP contribution in [0.15, 0.2) is 46.0 Å². The predicted molar refractivity (Wildman–Crippen MR) is 100 cm³/mol. The molecule has 0 N–H and O–H groups in total. The van der Waals surface area contributed by atoms with E-state index in [0.29, 0.717) is 19.0 Å². The normalized spacial score (nSPS) is 15.8. The Hall–Kier alpha value is -1.93. The van der Waals surface area contributed by atoms with E-state index in [0.717, 1.165) is 28.5 Å². The molecule has 1 amide bonds. The van der Waals surface area contributed by atoms with Crippen molar-refractivity contribution in [2.24, 2.45) is 5.92 Å². The summed E-state index contributed by atoms with van der Waals surface area (Å²) in [7, 11) is -3.89. The highest BCUT2D eigenvalue weighted by molar-refractivity contribution is 7.94. The summed E-state index contributed by atoms with van der Waals surface area (Å²) in [6, 6.07) is 8.30. The minimum Gasteiger partial charge on any atom is -0.341 e. The van der Waals surface area contributed by atoms with Crippen LogP contribution in [0, 0.1) is 11.7 Å². The maximum Gasteiger partial charge on any atom is 0.274 e. The van der Waals surface area contributed by atoms with Crippen molar-refractivity contribution in [3.63, 3.8) is 0 Å². The molecule has 1 aromatic heterocycles. The van der Waals surface area contributed by atoms with Gasteiger partial charge in [-0.2, -0.15) is 0 Å².